The van der Waals surface area contributed by atoms with E-state index in [4.69, 9.17) is 30.5 Å². The minimum atomic E-state index is -0.779. The molecule has 44 heavy (non-hydrogen) atoms. The molecule has 1 atom stereocenters. The third kappa shape index (κ3) is 6.59. The maximum absolute atomic E-state index is 14.1. The molecule has 0 saturated carbocycles. The predicted octanol–water partition coefficient (Wildman–Crippen LogP) is 5.83. The number of rotatable bonds is 11. The summed E-state index contributed by atoms with van der Waals surface area (Å²) in [5.41, 5.74) is 2.88. The molecular formula is C34H33ClN2O6S. The summed E-state index contributed by atoms with van der Waals surface area (Å²) in [5, 5.41) is 0.656. The number of benzene rings is 3. The van der Waals surface area contributed by atoms with E-state index in [0.29, 0.717) is 68.3 Å². The molecule has 0 amide bonds. The van der Waals surface area contributed by atoms with Gasteiger partial charge in [0.15, 0.2) is 16.3 Å². The molecule has 5 rings (SSSR count). The topological polar surface area (TPSA) is 88.4 Å². The summed E-state index contributed by atoms with van der Waals surface area (Å²) in [5.74, 6) is 1.21. The molecule has 0 N–H and O–H groups in total. The second-order valence-corrected chi connectivity index (χ2v) is 11.3. The van der Waals surface area contributed by atoms with Crippen LogP contribution in [0.25, 0.3) is 6.08 Å². The number of allylic oxidation sites excluding steroid dienone is 1. The van der Waals surface area contributed by atoms with Gasteiger partial charge in [0, 0.05) is 10.6 Å². The van der Waals surface area contributed by atoms with Crippen LogP contribution in [0.3, 0.4) is 0 Å². The summed E-state index contributed by atoms with van der Waals surface area (Å²) in [6.07, 6.45) is 1.80. The Labute approximate surface area is 264 Å². The molecule has 1 aromatic heterocycles. The summed E-state index contributed by atoms with van der Waals surface area (Å²) in [7, 11) is 0. The molecule has 0 saturated heterocycles. The molecule has 1 aliphatic heterocycles. The Hall–Kier alpha value is -4.34. The first kappa shape index (κ1) is 31.1. The molecule has 0 spiro atoms. The van der Waals surface area contributed by atoms with Gasteiger partial charge < -0.3 is 18.9 Å². The number of hydrogen-bond acceptors (Lipinski definition) is 8. The molecule has 1 aliphatic rings. The normalized spacial score (nSPS) is 14.6. The third-order valence-electron chi connectivity index (χ3n) is 6.91. The predicted molar refractivity (Wildman–Crippen MR) is 171 cm³/mol. The number of carbonyl (C=O) groups is 1. The van der Waals surface area contributed by atoms with Gasteiger partial charge in [-0.25, -0.2) is 9.79 Å². The Morgan fingerprint density at radius 1 is 0.932 bits per heavy atom. The average molecular weight is 633 g/mol. The van der Waals surface area contributed by atoms with Crippen molar-refractivity contribution in [2.24, 2.45) is 4.99 Å². The van der Waals surface area contributed by atoms with E-state index >= 15 is 0 Å². The maximum atomic E-state index is 14.1. The van der Waals surface area contributed by atoms with Gasteiger partial charge in [-0.05, 0) is 75.2 Å². The van der Waals surface area contributed by atoms with Gasteiger partial charge in [0.05, 0.1) is 41.7 Å². The van der Waals surface area contributed by atoms with Crippen LogP contribution in [0.5, 0.6) is 17.2 Å². The van der Waals surface area contributed by atoms with Gasteiger partial charge in [-0.3, -0.25) is 9.36 Å². The summed E-state index contributed by atoms with van der Waals surface area (Å²) in [6, 6.07) is 19.6. The van der Waals surface area contributed by atoms with Crippen LogP contribution in [0, 0.1) is 0 Å². The zero-order valence-corrected chi connectivity index (χ0v) is 26.5. The van der Waals surface area contributed by atoms with Gasteiger partial charge in [0.1, 0.15) is 12.4 Å². The number of para-hydroxylation sites is 1. The number of halogens is 1. The molecule has 0 aliphatic carbocycles. The highest BCUT2D eigenvalue weighted by Gasteiger charge is 2.34. The minimum absolute atomic E-state index is 0.188. The molecule has 0 unspecified atom stereocenters. The monoisotopic (exact) mass is 632 g/mol. The van der Waals surface area contributed by atoms with Crippen LogP contribution in [0.15, 0.2) is 87.8 Å². The first-order valence-corrected chi connectivity index (χ1v) is 15.6. The molecule has 4 aromatic rings. The van der Waals surface area contributed by atoms with Gasteiger partial charge >= 0.3 is 5.97 Å². The molecule has 0 bridgehead atoms. The smallest absolute Gasteiger partial charge is 0.338 e. The van der Waals surface area contributed by atoms with Crippen molar-refractivity contribution in [1.82, 2.24) is 4.57 Å². The average Bonchev–Trinajstić information content (AvgIpc) is 3.31. The van der Waals surface area contributed by atoms with E-state index in [-0.39, 0.29) is 12.2 Å². The Bertz CT molecular complexity index is 1880. The second-order valence-electron chi connectivity index (χ2n) is 9.83. The highest BCUT2D eigenvalue weighted by Crippen LogP contribution is 2.36. The quantitative estimate of drug-likeness (QED) is 0.193. The van der Waals surface area contributed by atoms with Gasteiger partial charge in [0.2, 0.25) is 0 Å². The number of nitrogens with zero attached hydrogens (tertiary/aromatic N) is 2. The van der Waals surface area contributed by atoms with E-state index in [9.17, 15) is 9.59 Å². The number of carbonyl (C=O) groups excluding carboxylic acids is 1. The number of fused-ring (bicyclic) bond motifs is 1. The molecule has 2 heterocycles. The van der Waals surface area contributed by atoms with Crippen molar-refractivity contribution in [3.8, 4) is 17.2 Å². The molecule has 8 nitrogen and oxygen atoms in total. The first-order chi connectivity index (χ1) is 21.3. The lowest BCUT2D eigenvalue weighted by Gasteiger charge is -2.25. The lowest BCUT2D eigenvalue weighted by molar-refractivity contribution is -0.139. The van der Waals surface area contributed by atoms with Crippen molar-refractivity contribution in [3.63, 3.8) is 0 Å². The largest absolute Gasteiger partial charge is 0.490 e. The van der Waals surface area contributed by atoms with Crippen LogP contribution in [0.1, 0.15) is 50.4 Å². The number of thiazole rings is 1. The van der Waals surface area contributed by atoms with Crippen LogP contribution in [0.4, 0.5) is 0 Å². The Morgan fingerprint density at radius 2 is 1.66 bits per heavy atom. The first-order valence-electron chi connectivity index (χ1n) is 14.4. The Kier molecular flexibility index (Phi) is 9.87. The molecule has 3 aromatic carbocycles. The number of ether oxygens (including phenoxy) is 4. The highest BCUT2D eigenvalue weighted by molar-refractivity contribution is 7.07. The van der Waals surface area contributed by atoms with Crippen LogP contribution < -0.4 is 29.1 Å². The fraction of sp³-hybridized carbons (Fsp3) is 0.265. The van der Waals surface area contributed by atoms with Crippen molar-refractivity contribution < 1.29 is 23.7 Å². The summed E-state index contributed by atoms with van der Waals surface area (Å²) in [6.45, 7) is 8.70. The van der Waals surface area contributed by atoms with Gasteiger partial charge in [-0.15, -0.1) is 0 Å². The van der Waals surface area contributed by atoms with Crippen LogP contribution in [0.2, 0.25) is 5.02 Å². The Balaban J connectivity index is 1.61. The van der Waals surface area contributed by atoms with E-state index < -0.39 is 12.0 Å². The Morgan fingerprint density at radius 3 is 2.39 bits per heavy atom. The van der Waals surface area contributed by atoms with Gasteiger partial charge in [-0.2, -0.15) is 0 Å². The molecule has 0 radical (unpaired) electrons. The van der Waals surface area contributed by atoms with Crippen molar-refractivity contribution in [2.75, 3.05) is 19.8 Å². The van der Waals surface area contributed by atoms with E-state index in [1.54, 1.807) is 30.6 Å². The van der Waals surface area contributed by atoms with E-state index in [2.05, 4.69) is 4.99 Å². The molecule has 10 heteroatoms. The fourth-order valence-corrected chi connectivity index (χ4v) is 6.12. The molecule has 228 valence electrons. The van der Waals surface area contributed by atoms with Crippen LogP contribution in [-0.4, -0.2) is 30.4 Å². The minimum Gasteiger partial charge on any atom is -0.490 e. The maximum Gasteiger partial charge on any atom is 0.338 e. The standard InChI is InChI=1S/C34H33ClN2O6S/c1-5-40-27-17-14-24(18-28(27)41-6-2)31-30(33(39)42-7-3)21(4)36-34-37(31)32(38)29(44-34)19-23-10-8-9-11-26(23)43-20-22-12-15-25(35)16-13-22/h8-19,31H,5-7,20H2,1-4H3/b29-19-/t31-/m0/s1. The van der Waals surface area contributed by atoms with Crippen molar-refractivity contribution >= 4 is 35.0 Å². The van der Waals surface area contributed by atoms with Crippen LogP contribution >= 0.6 is 22.9 Å². The number of esters is 1. The number of aromatic nitrogens is 1. The lowest BCUT2D eigenvalue weighted by Crippen LogP contribution is -2.40. The molecule has 0 fully saturated rings. The fourth-order valence-electron chi connectivity index (χ4n) is 4.96. The summed E-state index contributed by atoms with van der Waals surface area (Å²) >= 11 is 7.27. The summed E-state index contributed by atoms with van der Waals surface area (Å²) in [4.78, 5) is 32.6. The zero-order valence-electron chi connectivity index (χ0n) is 25.0. The van der Waals surface area contributed by atoms with Gasteiger partial charge in [-0.1, -0.05) is 59.3 Å². The third-order valence-corrected chi connectivity index (χ3v) is 8.15. The SMILES string of the molecule is CCOC(=O)C1=C(C)N=c2s/c(=C\c3ccccc3OCc3ccc(Cl)cc3)c(=O)n2[C@H]1c1ccc(OCC)c(OCC)c1. The lowest BCUT2D eigenvalue weighted by atomic mass is 9.95. The summed E-state index contributed by atoms with van der Waals surface area (Å²) < 4.78 is 25.2. The van der Waals surface area contributed by atoms with Crippen molar-refractivity contribution in [1.29, 1.82) is 0 Å². The van der Waals surface area contributed by atoms with E-state index in [1.807, 2.05) is 74.5 Å². The molecular weight excluding hydrogens is 600 g/mol. The second kappa shape index (κ2) is 14.0. The van der Waals surface area contributed by atoms with Crippen LogP contribution in [-0.2, 0) is 16.1 Å². The number of hydrogen-bond donors (Lipinski definition) is 0. The van der Waals surface area contributed by atoms with Crippen molar-refractivity contribution in [3.05, 3.63) is 119 Å². The van der Waals surface area contributed by atoms with E-state index in [1.165, 1.54) is 11.3 Å². The van der Waals surface area contributed by atoms with E-state index in [0.717, 1.165) is 11.1 Å². The highest BCUT2D eigenvalue weighted by atomic mass is 35.5. The zero-order chi connectivity index (χ0) is 31.2. The van der Waals surface area contributed by atoms with Crippen molar-refractivity contribution in [2.45, 2.75) is 40.3 Å². The van der Waals surface area contributed by atoms with Gasteiger partial charge in [0.25, 0.3) is 5.56 Å².